The van der Waals surface area contributed by atoms with Crippen molar-refractivity contribution in [2.45, 2.75) is 39.3 Å². The first-order valence-corrected chi connectivity index (χ1v) is 8.67. The molecule has 1 saturated heterocycles. The summed E-state index contributed by atoms with van der Waals surface area (Å²) in [7, 11) is 0. The minimum Gasteiger partial charge on any atom is -0.485 e. The number of para-hydroxylation sites is 1. The van der Waals surface area contributed by atoms with Gasteiger partial charge in [-0.25, -0.2) is 0 Å². The summed E-state index contributed by atoms with van der Waals surface area (Å²) < 4.78 is 10.6. The zero-order valence-corrected chi connectivity index (χ0v) is 14.7. The minimum absolute atomic E-state index is 0.133. The van der Waals surface area contributed by atoms with E-state index in [1.807, 2.05) is 12.1 Å². The van der Waals surface area contributed by atoms with Crippen molar-refractivity contribution in [3.05, 3.63) is 41.5 Å². The highest BCUT2D eigenvalue weighted by Gasteiger charge is 2.19. The number of hydrogen-bond donors (Lipinski definition) is 1. The predicted octanol–water partition coefficient (Wildman–Crippen LogP) is 2.17. The molecule has 1 amide bonds. The number of hydrogen-bond acceptors (Lipinski definition) is 6. The van der Waals surface area contributed by atoms with Gasteiger partial charge in [-0.3, -0.25) is 9.69 Å². The van der Waals surface area contributed by atoms with Gasteiger partial charge in [-0.1, -0.05) is 17.3 Å². The van der Waals surface area contributed by atoms with Gasteiger partial charge >= 0.3 is 0 Å². The van der Waals surface area contributed by atoms with Gasteiger partial charge in [0.2, 0.25) is 11.7 Å². The van der Waals surface area contributed by atoms with Gasteiger partial charge in [0.1, 0.15) is 5.75 Å². The summed E-state index contributed by atoms with van der Waals surface area (Å²) in [5, 5.41) is 6.80. The van der Waals surface area contributed by atoms with Crippen LogP contribution in [0.5, 0.6) is 5.75 Å². The molecule has 25 heavy (non-hydrogen) atoms. The largest absolute Gasteiger partial charge is 0.485 e. The maximum absolute atomic E-state index is 12.5. The number of benzene rings is 1. The molecule has 0 spiro atoms. The molecule has 3 rings (SSSR count). The van der Waals surface area contributed by atoms with E-state index in [4.69, 9.17) is 9.26 Å². The Morgan fingerprint density at radius 2 is 2.12 bits per heavy atom. The first kappa shape index (κ1) is 17.4. The van der Waals surface area contributed by atoms with Gasteiger partial charge in [-0.15, -0.1) is 0 Å². The van der Waals surface area contributed by atoms with Crippen LogP contribution in [0.25, 0.3) is 0 Å². The van der Waals surface area contributed by atoms with E-state index >= 15 is 0 Å². The summed E-state index contributed by atoms with van der Waals surface area (Å²) in [5.41, 5.74) is 0.510. The van der Waals surface area contributed by atoms with E-state index in [1.165, 1.54) is 12.8 Å². The molecule has 2 aromatic rings. The van der Waals surface area contributed by atoms with Crippen molar-refractivity contribution in [1.29, 1.82) is 0 Å². The smallest absolute Gasteiger partial charge is 0.255 e. The fourth-order valence-corrected chi connectivity index (χ4v) is 2.97. The first-order valence-electron chi connectivity index (χ1n) is 8.67. The Balaban J connectivity index is 1.58. The van der Waals surface area contributed by atoms with Gasteiger partial charge in [0.05, 0.1) is 5.56 Å². The van der Waals surface area contributed by atoms with Crippen LogP contribution in [-0.4, -0.2) is 46.6 Å². The molecule has 1 atom stereocenters. The molecule has 0 radical (unpaired) electrons. The number of nitrogens with zero attached hydrogens (tertiary/aromatic N) is 3. The van der Waals surface area contributed by atoms with Gasteiger partial charge in [0, 0.05) is 19.5 Å². The van der Waals surface area contributed by atoms with Crippen LogP contribution in [0.2, 0.25) is 0 Å². The first-order chi connectivity index (χ1) is 12.1. The van der Waals surface area contributed by atoms with Crippen LogP contribution in [-0.2, 0) is 6.61 Å². The SMILES string of the molecule is Cc1nc(COc2ccccc2C(=O)NC[C@@H](C)N2CCCC2)no1. The molecule has 0 aliphatic carbocycles. The molecule has 0 saturated carbocycles. The van der Waals surface area contributed by atoms with Crippen LogP contribution in [0.3, 0.4) is 0 Å². The number of carbonyl (C=O) groups is 1. The number of carbonyl (C=O) groups excluding carboxylic acids is 1. The fourth-order valence-electron chi connectivity index (χ4n) is 2.97. The van der Waals surface area contributed by atoms with Crippen molar-refractivity contribution in [2.24, 2.45) is 0 Å². The monoisotopic (exact) mass is 344 g/mol. The van der Waals surface area contributed by atoms with Crippen molar-refractivity contribution in [2.75, 3.05) is 19.6 Å². The van der Waals surface area contributed by atoms with E-state index in [2.05, 4.69) is 27.3 Å². The third-order valence-electron chi connectivity index (χ3n) is 4.38. The Kier molecular flexibility index (Phi) is 5.65. The van der Waals surface area contributed by atoms with Gasteiger partial charge < -0.3 is 14.6 Å². The van der Waals surface area contributed by atoms with Crippen molar-refractivity contribution in [1.82, 2.24) is 20.4 Å². The molecule has 1 N–H and O–H groups in total. The molecule has 2 heterocycles. The summed E-state index contributed by atoms with van der Waals surface area (Å²) >= 11 is 0. The highest BCUT2D eigenvalue weighted by Crippen LogP contribution is 2.19. The molecule has 1 fully saturated rings. The normalized spacial score (nSPS) is 15.9. The molecule has 1 aliphatic heterocycles. The molecule has 134 valence electrons. The molecule has 0 bridgehead atoms. The number of ether oxygens (including phenoxy) is 1. The summed E-state index contributed by atoms with van der Waals surface area (Å²) in [5.74, 6) is 1.32. The van der Waals surface area contributed by atoms with Gasteiger partial charge in [-0.05, 0) is 45.0 Å². The second kappa shape index (κ2) is 8.11. The van der Waals surface area contributed by atoms with Crippen LogP contribution in [0, 0.1) is 6.92 Å². The van der Waals surface area contributed by atoms with Crippen LogP contribution in [0.15, 0.2) is 28.8 Å². The number of nitrogens with one attached hydrogen (secondary N) is 1. The quantitative estimate of drug-likeness (QED) is 0.829. The van der Waals surface area contributed by atoms with Gasteiger partial charge in [0.15, 0.2) is 6.61 Å². The maximum atomic E-state index is 12.5. The van der Waals surface area contributed by atoms with Crippen LogP contribution in [0.4, 0.5) is 0 Å². The average molecular weight is 344 g/mol. The van der Waals surface area contributed by atoms with Crippen molar-refractivity contribution >= 4 is 5.91 Å². The van der Waals surface area contributed by atoms with Crippen LogP contribution >= 0.6 is 0 Å². The Hall–Kier alpha value is -2.41. The number of aryl methyl sites for hydroxylation is 1. The van der Waals surface area contributed by atoms with Crippen molar-refractivity contribution in [3.8, 4) is 5.75 Å². The van der Waals surface area contributed by atoms with Crippen LogP contribution in [0.1, 0.15) is 41.8 Å². The number of amides is 1. The van der Waals surface area contributed by atoms with E-state index < -0.39 is 0 Å². The second-order valence-electron chi connectivity index (χ2n) is 6.32. The van der Waals surface area contributed by atoms with E-state index in [0.717, 1.165) is 13.1 Å². The topological polar surface area (TPSA) is 80.5 Å². The lowest BCUT2D eigenvalue weighted by atomic mass is 10.2. The highest BCUT2D eigenvalue weighted by atomic mass is 16.5. The highest BCUT2D eigenvalue weighted by molar-refractivity contribution is 5.96. The lowest BCUT2D eigenvalue weighted by Gasteiger charge is -2.24. The van der Waals surface area contributed by atoms with Gasteiger partial charge in [-0.2, -0.15) is 4.98 Å². The zero-order chi connectivity index (χ0) is 17.6. The van der Waals surface area contributed by atoms with Crippen LogP contribution < -0.4 is 10.1 Å². The summed E-state index contributed by atoms with van der Waals surface area (Å²) in [6.07, 6.45) is 2.48. The van der Waals surface area contributed by atoms with E-state index in [1.54, 1.807) is 19.1 Å². The maximum Gasteiger partial charge on any atom is 0.255 e. The number of likely N-dealkylation sites (tertiary alicyclic amines) is 1. The van der Waals surface area contributed by atoms with E-state index in [-0.39, 0.29) is 12.5 Å². The third-order valence-corrected chi connectivity index (χ3v) is 4.38. The lowest BCUT2D eigenvalue weighted by molar-refractivity contribution is 0.0935. The minimum atomic E-state index is -0.133. The predicted molar refractivity (Wildman–Crippen MR) is 92.4 cm³/mol. The molecular weight excluding hydrogens is 320 g/mol. The molecular formula is C18H24N4O3. The van der Waals surface area contributed by atoms with Crippen molar-refractivity contribution in [3.63, 3.8) is 0 Å². The van der Waals surface area contributed by atoms with Gasteiger partial charge in [0.25, 0.3) is 5.91 Å². The number of aromatic nitrogens is 2. The standard InChI is InChI=1S/C18H24N4O3/c1-13(22-9-5-6-10-22)11-19-18(23)15-7-3-4-8-16(15)24-12-17-20-14(2)25-21-17/h3-4,7-8,13H,5-6,9-12H2,1-2H3,(H,19,23)/t13-/m1/s1. The summed E-state index contributed by atoms with van der Waals surface area (Å²) in [6, 6.07) is 7.52. The number of rotatable bonds is 7. The molecule has 1 aliphatic rings. The lowest BCUT2D eigenvalue weighted by Crippen LogP contribution is -2.40. The average Bonchev–Trinajstić information content (AvgIpc) is 3.29. The van der Waals surface area contributed by atoms with Crippen molar-refractivity contribution < 1.29 is 14.1 Å². The fraction of sp³-hybridized carbons (Fsp3) is 0.500. The Bertz CT molecular complexity index is 710. The van der Waals surface area contributed by atoms with E-state index in [9.17, 15) is 4.79 Å². The Labute approximate surface area is 147 Å². The Morgan fingerprint density at radius 3 is 2.84 bits per heavy atom. The third kappa shape index (κ3) is 4.57. The Morgan fingerprint density at radius 1 is 1.36 bits per heavy atom. The molecule has 1 aromatic heterocycles. The summed E-state index contributed by atoms with van der Waals surface area (Å²) in [4.78, 5) is 19.0. The molecule has 0 unspecified atom stereocenters. The zero-order valence-electron chi connectivity index (χ0n) is 14.7. The van der Waals surface area contributed by atoms with E-state index in [0.29, 0.717) is 35.6 Å². The molecule has 7 heteroatoms. The molecule has 7 nitrogen and oxygen atoms in total. The second-order valence-corrected chi connectivity index (χ2v) is 6.32. The summed E-state index contributed by atoms with van der Waals surface area (Å²) in [6.45, 7) is 6.87. The molecule has 1 aromatic carbocycles.